The van der Waals surface area contributed by atoms with Gasteiger partial charge in [-0.3, -0.25) is 4.79 Å². The fraction of sp³-hybridized carbons (Fsp3) is 0.588. The van der Waals surface area contributed by atoms with E-state index in [0.717, 1.165) is 17.9 Å². The van der Waals surface area contributed by atoms with Crippen LogP contribution in [0.4, 0.5) is 11.4 Å². The number of hydrogen-bond acceptors (Lipinski definition) is 3. The van der Waals surface area contributed by atoms with Crippen LogP contribution in [0.25, 0.3) is 0 Å². The third kappa shape index (κ3) is 4.46. The van der Waals surface area contributed by atoms with Gasteiger partial charge in [0, 0.05) is 35.9 Å². The van der Waals surface area contributed by atoms with E-state index in [9.17, 15) is 4.79 Å². The Labute approximate surface area is 127 Å². The standard InChI is InChI=1S/C17H27N3O/c1-12(2)17(21)19-15-7-5-14(6-8-15)18-16-9-10-20(4)13(3)11-16/h5-8,12-13,16,18H,9-11H2,1-4H3,(H,19,21). The van der Waals surface area contributed by atoms with Crippen LogP contribution in [-0.4, -0.2) is 36.5 Å². The van der Waals surface area contributed by atoms with E-state index < -0.39 is 0 Å². The monoisotopic (exact) mass is 289 g/mol. The highest BCUT2D eigenvalue weighted by atomic mass is 16.1. The van der Waals surface area contributed by atoms with Gasteiger partial charge in [0.15, 0.2) is 0 Å². The normalized spacial score (nSPS) is 23.1. The molecule has 2 N–H and O–H groups in total. The maximum absolute atomic E-state index is 11.6. The van der Waals surface area contributed by atoms with Gasteiger partial charge in [-0.05, 0) is 51.1 Å². The Morgan fingerprint density at radius 2 is 1.86 bits per heavy atom. The van der Waals surface area contributed by atoms with Crippen molar-refractivity contribution in [3.63, 3.8) is 0 Å². The van der Waals surface area contributed by atoms with E-state index in [1.165, 1.54) is 12.8 Å². The molecule has 2 atom stereocenters. The van der Waals surface area contributed by atoms with Gasteiger partial charge in [-0.1, -0.05) is 13.8 Å². The van der Waals surface area contributed by atoms with E-state index in [1.807, 2.05) is 38.1 Å². The Kier molecular flexibility index (Phi) is 5.23. The first-order valence-electron chi connectivity index (χ1n) is 7.83. The number of carbonyl (C=O) groups is 1. The molecule has 2 rings (SSSR count). The van der Waals surface area contributed by atoms with E-state index in [-0.39, 0.29) is 11.8 Å². The predicted octanol–water partition coefficient (Wildman–Crippen LogP) is 3.18. The number of amides is 1. The van der Waals surface area contributed by atoms with E-state index in [0.29, 0.717) is 12.1 Å². The topological polar surface area (TPSA) is 44.4 Å². The van der Waals surface area contributed by atoms with Crippen molar-refractivity contribution in [2.45, 2.75) is 45.7 Å². The van der Waals surface area contributed by atoms with Crippen LogP contribution in [0.5, 0.6) is 0 Å². The lowest BCUT2D eigenvalue weighted by atomic mass is 9.98. The van der Waals surface area contributed by atoms with Gasteiger partial charge in [-0.15, -0.1) is 0 Å². The van der Waals surface area contributed by atoms with Gasteiger partial charge in [-0.2, -0.15) is 0 Å². The lowest BCUT2D eigenvalue weighted by Gasteiger charge is -2.35. The lowest BCUT2D eigenvalue weighted by molar-refractivity contribution is -0.118. The second kappa shape index (κ2) is 6.94. The Bertz CT molecular complexity index is 469. The number of nitrogens with one attached hydrogen (secondary N) is 2. The Balaban J connectivity index is 1.89. The minimum atomic E-state index is 0.00326. The van der Waals surface area contributed by atoms with Crippen LogP contribution in [0.2, 0.25) is 0 Å². The first kappa shape index (κ1) is 15.8. The van der Waals surface area contributed by atoms with E-state index in [4.69, 9.17) is 0 Å². The van der Waals surface area contributed by atoms with Gasteiger partial charge in [-0.25, -0.2) is 0 Å². The van der Waals surface area contributed by atoms with Gasteiger partial charge < -0.3 is 15.5 Å². The summed E-state index contributed by atoms with van der Waals surface area (Å²) < 4.78 is 0. The molecule has 0 radical (unpaired) electrons. The minimum Gasteiger partial charge on any atom is -0.382 e. The number of benzene rings is 1. The highest BCUT2D eigenvalue weighted by Crippen LogP contribution is 2.21. The summed E-state index contributed by atoms with van der Waals surface area (Å²) in [6.07, 6.45) is 2.34. The molecule has 4 nitrogen and oxygen atoms in total. The fourth-order valence-corrected chi connectivity index (χ4v) is 2.59. The summed E-state index contributed by atoms with van der Waals surface area (Å²) in [5.74, 6) is 0.0587. The highest BCUT2D eigenvalue weighted by Gasteiger charge is 2.22. The Morgan fingerprint density at radius 3 is 2.43 bits per heavy atom. The molecule has 1 saturated heterocycles. The zero-order valence-corrected chi connectivity index (χ0v) is 13.5. The molecule has 1 heterocycles. The minimum absolute atomic E-state index is 0.00326. The maximum atomic E-state index is 11.6. The summed E-state index contributed by atoms with van der Waals surface area (Å²) in [6, 6.07) is 9.16. The largest absolute Gasteiger partial charge is 0.382 e. The molecule has 116 valence electrons. The number of anilines is 2. The van der Waals surface area contributed by atoms with E-state index in [2.05, 4.69) is 29.5 Å². The quantitative estimate of drug-likeness (QED) is 0.895. The summed E-state index contributed by atoms with van der Waals surface area (Å²) in [5, 5.41) is 6.51. The molecule has 0 bridgehead atoms. The highest BCUT2D eigenvalue weighted by molar-refractivity contribution is 5.92. The van der Waals surface area contributed by atoms with Crippen LogP contribution in [0.1, 0.15) is 33.6 Å². The van der Waals surface area contributed by atoms with Crippen LogP contribution < -0.4 is 10.6 Å². The van der Waals surface area contributed by atoms with Crippen LogP contribution in [-0.2, 0) is 4.79 Å². The second-order valence-electron chi connectivity index (χ2n) is 6.42. The van der Waals surface area contributed by atoms with Gasteiger partial charge in [0.1, 0.15) is 0 Å². The first-order chi connectivity index (χ1) is 9.95. The molecule has 0 aliphatic carbocycles. The maximum Gasteiger partial charge on any atom is 0.226 e. The summed E-state index contributed by atoms with van der Waals surface area (Å²) >= 11 is 0. The van der Waals surface area contributed by atoms with Crippen molar-refractivity contribution in [3.05, 3.63) is 24.3 Å². The number of likely N-dealkylation sites (tertiary alicyclic amines) is 1. The molecule has 0 aromatic heterocycles. The summed E-state index contributed by atoms with van der Waals surface area (Å²) in [7, 11) is 2.19. The van der Waals surface area contributed by atoms with Crippen molar-refractivity contribution >= 4 is 17.3 Å². The molecule has 1 aliphatic rings. The molecule has 21 heavy (non-hydrogen) atoms. The van der Waals surface area contributed by atoms with Crippen molar-refractivity contribution in [1.29, 1.82) is 0 Å². The van der Waals surface area contributed by atoms with Crippen LogP contribution in [0.15, 0.2) is 24.3 Å². The zero-order valence-electron chi connectivity index (χ0n) is 13.5. The predicted molar refractivity (Wildman–Crippen MR) is 88.6 cm³/mol. The summed E-state index contributed by atoms with van der Waals surface area (Å²) in [5.41, 5.74) is 1.98. The van der Waals surface area contributed by atoms with Gasteiger partial charge >= 0.3 is 0 Å². The number of hydrogen-bond donors (Lipinski definition) is 2. The molecule has 1 aliphatic heterocycles. The van der Waals surface area contributed by atoms with Crippen molar-refractivity contribution < 1.29 is 4.79 Å². The van der Waals surface area contributed by atoms with Crippen LogP contribution >= 0.6 is 0 Å². The molecular formula is C17H27N3O. The number of rotatable bonds is 4. The number of nitrogens with zero attached hydrogens (tertiary/aromatic N) is 1. The van der Waals surface area contributed by atoms with Crippen molar-refractivity contribution in [1.82, 2.24) is 4.90 Å². The summed E-state index contributed by atoms with van der Waals surface area (Å²) in [6.45, 7) is 7.21. The second-order valence-corrected chi connectivity index (χ2v) is 6.42. The van der Waals surface area contributed by atoms with Crippen molar-refractivity contribution in [2.75, 3.05) is 24.2 Å². The fourth-order valence-electron chi connectivity index (χ4n) is 2.59. The van der Waals surface area contributed by atoms with Gasteiger partial charge in [0.2, 0.25) is 5.91 Å². The molecule has 1 amide bonds. The number of carbonyl (C=O) groups excluding carboxylic acids is 1. The van der Waals surface area contributed by atoms with E-state index >= 15 is 0 Å². The van der Waals surface area contributed by atoms with Crippen LogP contribution in [0.3, 0.4) is 0 Å². The van der Waals surface area contributed by atoms with Gasteiger partial charge in [0.05, 0.1) is 0 Å². The van der Waals surface area contributed by atoms with Gasteiger partial charge in [0.25, 0.3) is 0 Å². The average Bonchev–Trinajstić information content (AvgIpc) is 2.45. The molecule has 1 aromatic rings. The average molecular weight is 289 g/mol. The molecule has 0 saturated carbocycles. The molecule has 2 unspecified atom stereocenters. The first-order valence-corrected chi connectivity index (χ1v) is 7.83. The third-order valence-electron chi connectivity index (χ3n) is 4.26. The lowest BCUT2D eigenvalue weighted by Crippen LogP contribution is -2.42. The Morgan fingerprint density at radius 1 is 1.24 bits per heavy atom. The smallest absolute Gasteiger partial charge is 0.226 e. The molecule has 4 heteroatoms. The van der Waals surface area contributed by atoms with E-state index in [1.54, 1.807) is 0 Å². The van der Waals surface area contributed by atoms with Crippen molar-refractivity contribution in [2.24, 2.45) is 5.92 Å². The third-order valence-corrected chi connectivity index (χ3v) is 4.26. The number of piperidine rings is 1. The molecule has 1 aromatic carbocycles. The van der Waals surface area contributed by atoms with Crippen LogP contribution in [0, 0.1) is 5.92 Å². The summed E-state index contributed by atoms with van der Waals surface area (Å²) in [4.78, 5) is 14.1. The molecule has 0 spiro atoms. The SMILES string of the molecule is CC(C)C(=O)Nc1ccc(NC2CCN(C)C(C)C2)cc1. The Hall–Kier alpha value is -1.55. The van der Waals surface area contributed by atoms with Crippen molar-refractivity contribution in [3.8, 4) is 0 Å². The molecular weight excluding hydrogens is 262 g/mol. The zero-order chi connectivity index (χ0) is 15.4. The molecule has 1 fully saturated rings.